The third-order valence-electron chi connectivity index (χ3n) is 6.86. The lowest BCUT2D eigenvalue weighted by Gasteiger charge is -2.33. The largest absolute Gasteiger partial charge is 0.481 e. The third-order valence-corrected chi connectivity index (χ3v) is 6.86. The van der Waals surface area contributed by atoms with E-state index in [-0.39, 0.29) is 12.5 Å². The Kier molecular flexibility index (Phi) is 7.05. The highest BCUT2D eigenvalue weighted by atomic mass is 19.1. The standard InChI is InChI=1S/C30H30F2N2O/c1-35-29-17-27(28(32)18-33-29)26-9-4-7-23-6-2-3-8-25(23)30(26)24-12-10-21(11-13-24)16-22-19-34(20-22)15-5-14-31/h2-3,6,8,10-13,16-18H,4-5,7,9,14-15,19-20H2,1H3. The van der Waals surface area contributed by atoms with Crippen LogP contribution in [0.25, 0.3) is 17.2 Å². The van der Waals surface area contributed by atoms with Crippen molar-refractivity contribution in [2.75, 3.05) is 33.4 Å². The Morgan fingerprint density at radius 3 is 2.60 bits per heavy atom. The van der Waals surface area contributed by atoms with Gasteiger partial charge in [0, 0.05) is 31.3 Å². The first kappa shape index (κ1) is 23.4. The molecular formula is C30H30F2N2O. The van der Waals surface area contributed by atoms with E-state index < -0.39 is 0 Å². The lowest BCUT2D eigenvalue weighted by molar-refractivity contribution is 0.239. The van der Waals surface area contributed by atoms with Crippen molar-refractivity contribution < 1.29 is 13.5 Å². The number of halogens is 2. The fraction of sp³-hybridized carbons (Fsp3) is 0.300. The molecule has 3 nitrogen and oxygen atoms in total. The van der Waals surface area contributed by atoms with E-state index in [2.05, 4.69) is 64.5 Å². The monoisotopic (exact) mass is 472 g/mol. The lowest BCUT2D eigenvalue weighted by atomic mass is 9.87. The molecule has 1 aliphatic carbocycles. The van der Waals surface area contributed by atoms with Crippen molar-refractivity contribution in [1.29, 1.82) is 0 Å². The number of aryl methyl sites for hydroxylation is 1. The topological polar surface area (TPSA) is 25.4 Å². The van der Waals surface area contributed by atoms with Crippen molar-refractivity contribution in [1.82, 2.24) is 9.88 Å². The van der Waals surface area contributed by atoms with Gasteiger partial charge in [-0.05, 0) is 64.7 Å². The molecule has 0 radical (unpaired) electrons. The van der Waals surface area contributed by atoms with Crippen LogP contribution >= 0.6 is 0 Å². The predicted octanol–water partition coefficient (Wildman–Crippen LogP) is 6.58. The Hall–Kier alpha value is -3.31. The van der Waals surface area contributed by atoms with Crippen LogP contribution in [0.2, 0.25) is 0 Å². The van der Waals surface area contributed by atoms with E-state index in [0.717, 1.165) is 66.7 Å². The molecule has 0 atom stereocenters. The van der Waals surface area contributed by atoms with E-state index in [1.165, 1.54) is 17.3 Å². The molecular weight excluding hydrogens is 442 g/mol. The summed E-state index contributed by atoms with van der Waals surface area (Å²) in [5.74, 6) is 0.0788. The van der Waals surface area contributed by atoms with Gasteiger partial charge in [0.25, 0.3) is 0 Å². The normalized spacial score (nSPS) is 15.9. The minimum atomic E-state index is -0.332. The molecule has 1 aliphatic heterocycles. The van der Waals surface area contributed by atoms with Crippen molar-refractivity contribution in [2.24, 2.45) is 0 Å². The molecule has 1 saturated heterocycles. The Balaban J connectivity index is 1.53. The van der Waals surface area contributed by atoms with Crippen molar-refractivity contribution in [2.45, 2.75) is 25.7 Å². The highest BCUT2D eigenvalue weighted by Gasteiger charge is 2.23. The van der Waals surface area contributed by atoms with Crippen molar-refractivity contribution in [3.8, 4) is 5.88 Å². The number of methoxy groups -OCH3 is 1. The maximum absolute atomic E-state index is 15.1. The van der Waals surface area contributed by atoms with Gasteiger partial charge in [-0.15, -0.1) is 0 Å². The molecule has 0 saturated carbocycles. The number of aromatic nitrogens is 1. The molecule has 0 spiro atoms. The molecule has 2 aliphatic rings. The summed E-state index contributed by atoms with van der Waals surface area (Å²) in [5.41, 5.74) is 8.64. The fourth-order valence-electron chi connectivity index (χ4n) is 5.13. The number of alkyl halides is 1. The molecule has 0 amide bonds. The summed E-state index contributed by atoms with van der Waals surface area (Å²) in [7, 11) is 1.55. The summed E-state index contributed by atoms with van der Waals surface area (Å²) in [6.45, 7) is 2.38. The van der Waals surface area contributed by atoms with E-state index in [4.69, 9.17) is 4.74 Å². The number of rotatable bonds is 7. The van der Waals surface area contributed by atoms with Crippen LogP contribution < -0.4 is 4.74 Å². The molecule has 3 aromatic rings. The van der Waals surface area contributed by atoms with Crippen LogP contribution in [0.4, 0.5) is 8.78 Å². The van der Waals surface area contributed by atoms with Gasteiger partial charge in [-0.3, -0.25) is 9.29 Å². The van der Waals surface area contributed by atoms with E-state index in [9.17, 15) is 4.39 Å². The van der Waals surface area contributed by atoms with Crippen LogP contribution in [0.3, 0.4) is 0 Å². The minimum Gasteiger partial charge on any atom is -0.481 e. The van der Waals surface area contributed by atoms with Crippen LogP contribution in [0.15, 0.2) is 66.4 Å². The van der Waals surface area contributed by atoms with Gasteiger partial charge in [-0.1, -0.05) is 54.6 Å². The number of fused-ring (bicyclic) bond motifs is 1. The third kappa shape index (κ3) is 5.06. The molecule has 2 heterocycles. The van der Waals surface area contributed by atoms with Crippen LogP contribution in [0.5, 0.6) is 5.88 Å². The Morgan fingerprint density at radius 1 is 1.03 bits per heavy atom. The summed E-state index contributed by atoms with van der Waals surface area (Å²) in [6, 6.07) is 18.7. The fourth-order valence-corrected chi connectivity index (χ4v) is 5.13. The highest BCUT2D eigenvalue weighted by Crippen LogP contribution is 2.41. The summed E-state index contributed by atoms with van der Waals surface area (Å²) in [4.78, 5) is 6.30. The van der Waals surface area contributed by atoms with Crippen molar-refractivity contribution >= 4 is 17.2 Å². The number of likely N-dealkylation sites (tertiary alicyclic amines) is 1. The first-order valence-electron chi connectivity index (χ1n) is 12.3. The Labute approximate surface area is 205 Å². The Bertz CT molecular complexity index is 1260. The molecule has 5 rings (SSSR count). The zero-order chi connectivity index (χ0) is 24.2. The predicted molar refractivity (Wildman–Crippen MR) is 137 cm³/mol. The smallest absolute Gasteiger partial charge is 0.213 e. The van der Waals surface area contributed by atoms with Gasteiger partial charge in [0.1, 0.15) is 5.82 Å². The Morgan fingerprint density at radius 2 is 1.83 bits per heavy atom. The van der Waals surface area contributed by atoms with Crippen LogP contribution in [0.1, 0.15) is 47.1 Å². The molecule has 0 unspecified atom stereocenters. The summed E-state index contributed by atoms with van der Waals surface area (Å²) >= 11 is 0. The van der Waals surface area contributed by atoms with E-state index in [1.54, 1.807) is 13.2 Å². The van der Waals surface area contributed by atoms with Crippen molar-refractivity contribution in [3.63, 3.8) is 0 Å². The molecule has 5 heteroatoms. The highest BCUT2D eigenvalue weighted by molar-refractivity contribution is 6.00. The molecule has 1 aromatic heterocycles. The van der Waals surface area contributed by atoms with Crippen LogP contribution in [-0.2, 0) is 6.42 Å². The molecule has 180 valence electrons. The van der Waals surface area contributed by atoms with Gasteiger partial charge in [0.05, 0.1) is 20.0 Å². The lowest BCUT2D eigenvalue weighted by Crippen LogP contribution is -2.40. The number of benzene rings is 2. The van der Waals surface area contributed by atoms with Crippen molar-refractivity contribution in [3.05, 3.63) is 100 Å². The van der Waals surface area contributed by atoms with Gasteiger partial charge < -0.3 is 4.74 Å². The van der Waals surface area contributed by atoms with Crippen LogP contribution in [-0.4, -0.2) is 43.3 Å². The maximum atomic E-state index is 15.1. The number of allylic oxidation sites excluding steroid dienone is 1. The zero-order valence-electron chi connectivity index (χ0n) is 20.1. The summed E-state index contributed by atoms with van der Waals surface area (Å²) in [6.07, 6.45) is 6.75. The number of ether oxygens (including phenoxy) is 1. The van der Waals surface area contributed by atoms with E-state index in [0.29, 0.717) is 17.9 Å². The van der Waals surface area contributed by atoms with Gasteiger partial charge in [-0.2, -0.15) is 0 Å². The van der Waals surface area contributed by atoms with Gasteiger partial charge in [-0.25, -0.2) is 9.37 Å². The first-order chi connectivity index (χ1) is 17.2. The zero-order valence-corrected chi connectivity index (χ0v) is 20.1. The SMILES string of the molecule is COc1cc(C2=C(c3ccc(C=C4CN(CCCF)C4)cc3)c3ccccc3CCC2)c(F)cn1. The molecule has 35 heavy (non-hydrogen) atoms. The van der Waals surface area contributed by atoms with Gasteiger partial charge >= 0.3 is 0 Å². The average Bonchev–Trinajstić information content (AvgIpc) is 3.06. The van der Waals surface area contributed by atoms with Gasteiger partial charge in [0.15, 0.2) is 0 Å². The molecule has 1 fully saturated rings. The number of pyridine rings is 1. The number of nitrogens with zero attached hydrogens (tertiary/aromatic N) is 2. The summed E-state index contributed by atoms with van der Waals surface area (Å²) in [5, 5.41) is 0. The number of hydrogen-bond donors (Lipinski definition) is 0. The maximum Gasteiger partial charge on any atom is 0.213 e. The van der Waals surface area contributed by atoms with Crippen LogP contribution in [0, 0.1) is 5.82 Å². The minimum absolute atomic E-state index is 0.256. The summed E-state index contributed by atoms with van der Waals surface area (Å²) < 4.78 is 32.8. The van der Waals surface area contributed by atoms with Gasteiger partial charge in [0.2, 0.25) is 5.88 Å². The first-order valence-corrected chi connectivity index (χ1v) is 12.3. The van der Waals surface area contributed by atoms with E-state index >= 15 is 4.39 Å². The average molecular weight is 473 g/mol. The molecule has 0 bridgehead atoms. The second kappa shape index (κ2) is 10.5. The van der Waals surface area contributed by atoms with E-state index in [1.807, 2.05) is 0 Å². The quantitative estimate of drug-likeness (QED) is 0.388. The second-order valence-electron chi connectivity index (χ2n) is 9.25. The number of hydrogen-bond acceptors (Lipinski definition) is 3. The molecule has 0 N–H and O–H groups in total. The second-order valence-corrected chi connectivity index (χ2v) is 9.25. The molecule has 2 aromatic carbocycles.